The fraction of sp³-hybridized carbons (Fsp3) is 0.529. The number of para-hydroxylation sites is 1. The molecule has 1 atom stereocenters. The van der Waals surface area contributed by atoms with E-state index in [2.05, 4.69) is 0 Å². The molecule has 0 spiro atoms. The second-order valence-electron chi connectivity index (χ2n) is 6.10. The number of carbonyl (C=O) groups is 2. The Kier molecular flexibility index (Phi) is 4.52. The fourth-order valence-electron chi connectivity index (χ4n) is 3.15. The molecule has 1 amide bonds. The fourth-order valence-corrected chi connectivity index (χ4v) is 3.15. The molecule has 1 aromatic carbocycles. The average Bonchev–Trinajstić information content (AvgIpc) is 3.10. The zero-order valence-corrected chi connectivity index (χ0v) is 12.9. The summed E-state index contributed by atoms with van der Waals surface area (Å²) in [6.45, 7) is 1.89. The zero-order valence-electron chi connectivity index (χ0n) is 12.9. The molecule has 0 radical (unpaired) electrons. The number of ether oxygens (including phenoxy) is 2. The van der Waals surface area contributed by atoms with E-state index in [0.29, 0.717) is 32.1 Å². The highest BCUT2D eigenvalue weighted by Gasteiger charge is 2.45. The van der Waals surface area contributed by atoms with Gasteiger partial charge < -0.3 is 19.5 Å². The van der Waals surface area contributed by atoms with Crippen molar-refractivity contribution in [3.63, 3.8) is 0 Å². The van der Waals surface area contributed by atoms with Gasteiger partial charge in [-0.2, -0.15) is 0 Å². The van der Waals surface area contributed by atoms with E-state index >= 15 is 0 Å². The Labute approximate surface area is 135 Å². The smallest absolute Gasteiger partial charge is 0.348 e. The van der Waals surface area contributed by atoms with Gasteiger partial charge in [0.15, 0.2) is 0 Å². The first-order chi connectivity index (χ1) is 11.1. The van der Waals surface area contributed by atoms with Gasteiger partial charge in [-0.3, -0.25) is 4.79 Å². The van der Waals surface area contributed by atoms with Crippen LogP contribution in [0.25, 0.3) is 0 Å². The first-order valence-electron chi connectivity index (χ1n) is 7.95. The predicted molar refractivity (Wildman–Crippen MR) is 82.2 cm³/mol. The molecule has 1 aromatic rings. The lowest BCUT2D eigenvalue weighted by Gasteiger charge is -2.39. The minimum absolute atomic E-state index is 0.0706. The molecule has 2 aliphatic heterocycles. The first-order valence-corrected chi connectivity index (χ1v) is 7.95. The Morgan fingerprint density at radius 3 is 2.48 bits per heavy atom. The minimum atomic E-state index is -1.26. The van der Waals surface area contributed by atoms with E-state index in [9.17, 15) is 14.7 Å². The molecular formula is C17H21NO5. The van der Waals surface area contributed by atoms with Crippen molar-refractivity contribution in [2.24, 2.45) is 5.92 Å². The Morgan fingerprint density at radius 1 is 1.22 bits per heavy atom. The summed E-state index contributed by atoms with van der Waals surface area (Å²) >= 11 is 0. The van der Waals surface area contributed by atoms with Crippen LogP contribution < -0.4 is 4.74 Å². The maximum Gasteiger partial charge on any atom is 0.348 e. The number of hydrogen-bond donors (Lipinski definition) is 1. The Hall–Kier alpha value is -2.08. The van der Waals surface area contributed by atoms with Crippen molar-refractivity contribution in [3.05, 3.63) is 30.3 Å². The number of nitrogens with zero attached hydrogens (tertiary/aromatic N) is 1. The molecular weight excluding hydrogens is 298 g/mol. The van der Waals surface area contributed by atoms with E-state index < -0.39 is 11.6 Å². The van der Waals surface area contributed by atoms with E-state index in [0.717, 1.165) is 6.42 Å². The van der Waals surface area contributed by atoms with E-state index in [1.807, 2.05) is 18.2 Å². The van der Waals surface area contributed by atoms with E-state index in [1.165, 1.54) is 0 Å². The van der Waals surface area contributed by atoms with Crippen LogP contribution >= 0.6 is 0 Å². The summed E-state index contributed by atoms with van der Waals surface area (Å²) in [6, 6.07) is 8.97. The van der Waals surface area contributed by atoms with Crippen molar-refractivity contribution in [2.45, 2.75) is 24.9 Å². The molecule has 0 unspecified atom stereocenters. The van der Waals surface area contributed by atoms with Crippen LogP contribution in [0.2, 0.25) is 0 Å². The van der Waals surface area contributed by atoms with Gasteiger partial charge in [0.25, 0.3) is 0 Å². The van der Waals surface area contributed by atoms with E-state index in [1.54, 1.807) is 17.0 Å². The lowest BCUT2D eigenvalue weighted by atomic mass is 9.90. The number of carboxylic acid groups (broad SMARTS) is 1. The van der Waals surface area contributed by atoms with Crippen molar-refractivity contribution < 1.29 is 24.2 Å². The molecule has 1 N–H and O–H groups in total. The van der Waals surface area contributed by atoms with Crippen molar-refractivity contribution >= 4 is 11.9 Å². The molecule has 3 rings (SSSR count). The van der Waals surface area contributed by atoms with Crippen molar-refractivity contribution in [1.29, 1.82) is 0 Å². The number of aliphatic carboxylic acids is 1. The van der Waals surface area contributed by atoms with Gasteiger partial charge >= 0.3 is 5.97 Å². The van der Waals surface area contributed by atoms with Gasteiger partial charge in [-0.1, -0.05) is 18.2 Å². The predicted octanol–water partition coefficient (Wildman–Crippen LogP) is 1.55. The number of rotatable bonds is 4. The number of carboxylic acids is 1. The molecule has 2 saturated heterocycles. The molecule has 0 bridgehead atoms. The summed E-state index contributed by atoms with van der Waals surface area (Å²) in [7, 11) is 0. The van der Waals surface area contributed by atoms with Crippen LogP contribution in [0.3, 0.4) is 0 Å². The largest absolute Gasteiger partial charge is 0.478 e. The second kappa shape index (κ2) is 6.58. The molecule has 2 aliphatic rings. The van der Waals surface area contributed by atoms with Crippen LogP contribution in [0.15, 0.2) is 30.3 Å². The standard InChI is InChI=1S/C17H21NO5/c19-15(13-6-11-22-12-13)18-9-7-17(8-10-18,16(20)21)23-14-4-2-1-3-5-14/h1-5,13H,6-12H2,(H,20,21)/t13-/m1/s1. The quantitative estimate of drug-likeness (QED) is 0.911. The summed E-state index contributed by atoms with van der Waals surface area (Å²) in [5.74, 6) is -0.444. The van der Waals surface area contributed by atoms with Gasteiger partial charge in [-0.15, -0.1) is 0 Å². The molecule has 6 nitrogen and oxygen atoms in total. The average molecular weight is 319 g/mol. The molecule has 0 aliphatic carbocycles. The van der Waals surface area contributed by atoms with E-state index in [-0.39, 0.29) is 24.7 Å². The highest BCUT2D eigenvalue weighted by molar-refractivity contribution is 5.81. The van der Waals surface area contributed by atoms with Crippen LogP contribution in [0, 0.1) is 5.92 Å². The maximum atomic E-state index is 12.4. The molecule has 0 aromatic heterocycles. The lowest BCUT2D eigenvalue weighted by molar-refractivity contribution is -0.162. The summed E-state index contributed by atoms with van der Waals surface area (Å²) in [6.07, 6.45) is 1.33. The monoisotopic (exact) mass is 319 g/mol. The number of benzene rings is 1. The molecule has 6 heteroatoms. The van der Waals surface area contributed by atoms with Crippen LogP contribution in [0.1, 0.15) is 19.3 Å². The minimum Gasteiger partial charge on any atom is -0.478 e. The van der Waals surface area contributed by atoms with Gasteiger partial charge in [0.1, 0.15) is 5.75 Å². The van der Waals surface area contributed by atoms with Gasteiger partial charge in [-0.25, -0.2) is 4.79 Å². The van der Waals surface area contributed by atoms with Crippen molar-refractivity contribution in [3.8, 4) is 5.75 Å². The molecule has 2 fully saturated rings. The summed E-state index contributed by atoms with van der Waals surface area (Å²) in [5, 5.41) is 9.64. The van der Waals surface area contributed by atoms with Gasteiger partial charge in [0.2, 0.25) is 11.5 Å². The third-order valence-corrected chi connectivity index (χ3v) is 4.61. The number of carbonyl (C=O) groups excluding carboxylic acids is 1. The van der Waals surface area contributed by atoms with Crippen LogP contribution in [-0.2, 0) is 14.3 Å². The van der Waals surface area contributed by atoms with Crippen molar-refractivity contribution in [2.75, 3.05) is 26.3 Å². The summed E-state index contributed by atoms with van der Waals surface area (Å²) < 4.78 is 11.1. The zero-order chi connectivity index (χ0) is 16.3. The Morgan fingerprint density at radius 2 is 1.91 bits per heavy atom. The van der Waals surface area contributed by atoms with E-state index in [4.69, 9.17) is 9.47 Å². The number of hydrogen-bond acceptors (Lipinski definition) is 4. The van der Waals surface area contributed by atoms with Crippen LogP contribution in [0.4, 0.5) is 0 Å². The number of piperidine rings is 1. The van der Waals surface area contributed by atoms with Gasteiger partial charge in [0.05, 0.1) is 12.5 Å². The Balaban J connectivity index is 1.66. The van der Waals surface area contributed by atoms with Crippen LogP contribution in [-0.4, -0.2) is 53.8 Å². The topological polar surface area (TPSA) is 76.1 Å². The SMILES string of the molecule is O=C([C@@H]1CCOC1)N1CCC(Oc2ccccc2)(C(=O)O)CC1. The normalized spacial score (nSPS) is 23.5. The first kappa shape index (κ1) is 15.8. The highest BCUT2D eigenvalue weighted by Crippen LogP contribution is 2.30. The third-order valence-electron chi connectivity index (χ3n) is 4.61. The maximum absolute atomic E-state index is 12.4. The molecule has 124 valence electrons. The third kappa shape index (κ3) is 3.32. The molecule has 0 saturated carbocycles. The molecule has 23 heavy (non-hydrogen) atoms. The molecule has 2 heterocycles. The second-order valence-corrected chi connectivity index (χ2v) is 6.10. The number of likely N-dealkylation sites (tertiary alicyclic amines) is 1. The van der Waals surface area contributed by atoms with Gasteiger partial charge in [0, 0.05) is 32.5 Å². The highest BCUT2D eigenvalue weighted by atomic mass is 16.5. The Bertz CT molecular complexity index is 560. The summed E-state index contributed by atoms with van der Waals surface area (Å²) in [5.41, 5.74) is -1.26. The van der Waals surface area contributed by atoms with Crippen molar-refractivity contribution in [1.82, 2.24) is 4.90 Å². The summed E-state index contributed by atoms with van der Waals surface area (Å²) in [4.78, 5) is 25.9. The van der Waals surface area contributed by atoms with Crippen LogP contribution in [0.5, 0.6) is 5.75 Å². The van der Waals surface area contributed by atoms with Gasteiger partial charge in [-0.05, 0) is 18.6 Å². The lowest BCUT2D eigenvalue weighted by Crippen LogP contribution is -2.55. The number of amides is 1.